The summed E-state index contributed by atoms with van der Waals surface area (Å²) in [5, 5.41) is 0. The fourth-order valence-corrected chi connectivity index (χ4v) is 21.7. The van der Waals surface area contributed by atoms with Gasteiger partial charge in [-0.3, -0.25) is 0 Å². The van der Waals surface area contributed by atoms with Crippen LogP contribution in [0.5, 0.6) is 0 Å². The van der Waals surface area contributed by atoms with Gasteiger partial charge in [-0.1, -0.05) is 582 Å². The molecule has 0 saturated carbocycles. The number of unbranched alkanes of at least 4 members (excludes halogenated alkanes) is 60. The van der Waals surface area contributed by atoms with Crippen molar-refractivity contribution in [1.29, 1.82) is 0 Å². The van der Waals surface area contributed by atoms with E-state index in [0.29, 0.717) is 5.92 Å². The van der Waals surface area contributed by atoms with Crippen LogP contribution in [0.1, 0.15) is 616 Å². The molecule has 0 aliphatic heterocycles. The van der Waals surface area contributed by atoms with Crippen LogP contribution < -0.4 is 0 Å². The molecule has 9 nitrogen and oxygen atoms in total. The molecule has 0 radical (unpaired) electrons. The molecular weight excluding hydrogens is 1620 g/mol. The predicted octanol–water partition coefficient (Wildman–Crippen LogP) is 38.1. The summed E-state index contributed by atoms with van der Waals surface area (Å²) in [4.78, 5) is 65.1. The minimum Gasteiger partial charge on any atom is -0.328 e. The van der Waals surface area contributed by atoms with Gasteiger partial charge in [0.05, 0.1) is 0 Å². The molecule has 12 heteroatoms. The zero-order chi connectivity index (χ0) is 94.8. The monoisotopic (exact) mass is 1840 g/mol. The van der Waals surface area contributed by atoms with Gasteiger partial charge >= 0.3 is 25.8 Å². The average Bonchev–Trinajstić information content (AvgIpc) is 0.675. The summed E-state index contributed by atoms with van der Waals surface area (Å²) in [5.41, 5.74) is 14.3. The lowest BCUT2D eigenvalue weighted by Crippen LogP contribution is -2.63. The maximum absolute atomic E-state index is 7.23. The first kappa shape index (κ1) is 126. The van der Waals surface area contributed by atoms with Crippen molar-refractivity contribution >= 4 is 25.8 Å². The van der Waals surface area contributed by atoms with Gasteiger partial charge in [-0.15, -0.1) is 0 Å². The molecule has 0 amide bonds. The highest BCUT2D eigenvalue weighted by molar-refractivity contribution is 7.38. The standard InChI is InChI=1S/C115H208.3H3O3P/c1-19-25-31-37-43-49-55-61-67-73-79-85-103(86-80-74-68-62-56-50-44-38-32-26-20-2)114(107-97-104(110(10,11)12)90-87-100(107)7,95-83-77-71-65-59-53-47-41-35-29-23-5)113(93-81-75-69-63-57-51-45-39-33-27-21-3,94-82-76-70-64-58-52-46-40-34-28-22-4)115(108-98-105(111(13,14)15)91-88-101(108)8,109-99-106(112(16,17)18)92-89-102(109)9)96-84-78-72-66-60-54-48-42-36-30-24-6;3*1-4(2)3/h87-92,97-99,103H,19-86,93-96H2,1-18H3;3*1-3H. The van der Waals surface area contributed by atoms with Crippen LogP contribution >= 0.6 is 25.8 Å². The van der Waals surface area contributed by atoms with Crippen molar-refractivity contribution in [2.75, 3.05) is 0 Å². The third kappa shape index (κ3) is 58.1. The molecule has 0 aromatic heterocycles. The van der Waals surface area contributed by atoms with E-state index >= 15 is 0 Å². The van der Waals surface area contributed by atoms with Crippen molar-refractivity contribution in [2.24, 2.45) is 11.3 Å². The topological polar surface area (TPSA) is 182 Å². The van der Waals surface area contributed by atoms with E-state index in [1.807, 2.05) is 5.56 Å². The van der Waals surface area contributed by atoms with Crippen LogP contribution in [0.25, 0.3) is 0 Å². The average molecular weight is 1840 g/mol. The van der Waals surface area contributed by atoms with Gasteiger partial charge in [-0.2, -0.15) is 0 Å². The molecule has 0 heterocycles. The minimum atomic E-state index is -2.62. The number of hydrogen-bond donors (Lipinski definition) is 9. The molecule has 0 saturated heterocycles. The van der Waals surface area contributed by atoms with E-state index in [1.165, 1.54) is 462 Å². The first-order valence-corrected chi connectivity index (χ1v) is 58.4. The fraction of sp³-hybridized carbons (Fsp3) is 0.843. The molecule has 0 aliphatic rings. The molecule has 3 rings (SSSR count). The Morgan fingerprint density at radius 2 is 0.378 bits per heavy atom. The second-order valence-electron chi connectivity index (χ2n) is 43.1. The summed E-state index contributed by atoms with van der Waals surface area (Å²) in [6.07, 6.45) is 100. The van der Waals surface area contributed by atoms with Crippen LogP contribution in [0, 0.1) is 32.1 Å². The van der Waals surface area contributed by atoms with Crippen molar-refractivity contribution in [3.8, 4) is 0 Å². The van der Waals surface area contributed by atoms with E-state index in [-0.39, 0.29) is 32.5 Å². The molecule has 1 unspecified atom stereocenters. The Morgan fingerprint density at radius 1 is 0.213 bits per heavy atom. The molecular formula is C115H217O9P3. The van der Waals surface area contributed by atoms with E-state index in [2.05, 4.69) is 179 Å². The van der Waals surface area contributed by atoms with Crippen LogP contribution in [-0.2, 0) is 27.1 Å². The number of hydrogen-bond acceptors (Lipinski definition) is 9. The molecule has 3 aromatic carbocycles. The summed E-state index contributed by atoms with van der Waals surface area (Å²) in [6, 6.07) is 25.1. The van der Waals surface area contributed by atoms with Crippen molar-refractivity contribution in [3.05, 3.63) is 105 Å². The van der Waals surface area contributed by atoms with Gasteiger partial charge in [-0.25, -0.2) is 0 Å². The van der Waals surface area contributed by atoms with E-state index in [4.69, 9.17) is 44.0 Å². The summed E-state index contributed by atoms with van der Waals surface area (Å²) >= 11 is 0. The zero-order valence-corrected chi connectivity index (χ0v) is 90.2. The normalized spacial score (nSPS) is 12.8. The smallest absolute Gasteiger partial charge is 0.324 e. The minimum absolute atomic E-state index is 0.00143. The van der Waals surface area contributed by atoms with Crippen molar-refractivity contribution in [2.45, 2.75) is 614 Å². The first-order valence-electron chi connectivity index (χ1n) is 54.8. The Bertz CT molecular complexity index is 2790. The Labute approximate surface area is 794 Å². The third-order valence-corrected chi connectivity index (χ3v) is 29.1. The largest absolute Gasteiger partial charge is 0.328 e. The van der Waals surface area contributed by atoms with Gasteiger partial charge in [0.2, 0.25) is 0 Å². The quantitative estimate of drug-likeness (QED) is 0.0196. The second kappa shape index (κ2) is 79.6. The highest BCUT2D eigenvalue weighted by Crippen LogP contribution is 2.71. The van der Waals surface area contributed by atoms with Crippen LogP contribution in [0.2, 0.25) is 0 Å². The third-order valence-electron chi connectivity index (χ3n) is 29.1. The lowest BCUT2D eigenvalue weighted by Gasteiger charge is -2.66. The van der Waals surface area contributed by atoms with Gasteiger partial charge in [-0.05, 0) is 137 Å². The van der Waals surface area contributed by atoms with Crippen LogP contribution in [0.15, 0.2) is 54.6 Å². The molecule has 0 fully saturated rings. The summed E-state index contributed by atoms with van der Waals surface area (Å²) in [6.45, 7) is 45.5. The van der Waals surface area contributed by atoms with Gasteiger partial charge in [0, 0.05) is 10.8 Å². The second-order valence-corrected chi connectivity index (χ2v) is 44.7. The Hall–Kier alpha value is -1.41. The summed E-state index contributed by atoms with van der Waals surface area (Å²) in [7, 11) is -7.86. The van der Waals surface area contributed by atoms with E-state index in [1.54, 1.807) is 44.5 Å². The molecule has 0 bridgehead atoms. The van der Waals surface area contributed by atoms with Gasteiger partial charge < -0.3 is 44.0 Å². The maximum atomic E-state index is 7.23. The Balaban J connectivity index is 0.0000124. The van der Waals surface area contributed by atoms with Gasteiger partial charge in [0.25, 0.3) is 0 Å². The van der Waals surface area contributed by atoms with E-state index in [0.717, 1.165) is 0 Å². The van der Waals surface area contributed by atoms with E-state index < -0.39 is 25.8 Å². The lowest BCUT2D eigenvalue weighted by molar-refractivity contribution is -0.0507. The zero-order valence-electron chi connectivity index (χ0n) is 87.6. The molecule has 746 valence electrons. The predicted molar refractivity (Wildman–Crippen MR) is 565 cm³/mol. The molecule has 0 aliphatic carbocycles. The summed E-state index contributed by atoms with van der Waals surface area (Å²) in [5.74, 6) is 0.566. The Morgan fingerprint density at radius 3 is 0.583 bits per heavy atom. The molecule has 9 N–H and O–H groups in total. The van der Waals surface area contributed by atoms with E-state index in [9.17, 15) is 0 Å². The lowest BCUT2D eigenvalue weighted by atomic mass is 9.37. The van der Waals surface area contributed by atoms with Crippen molar-refractivity contribution in [1.82, 2.24) is 0 Å². The summed E-state index contributed by atoms with van der Waals surface area (Å²) < 4.78 is 0. The first-order chi connectivity index (χ1) is 60.8. The maximum Gasteiger partial charge on any atom is 0.324 e. The highest BCUT2D eigenvalue weighted by Gasteiger charge is 2.66. The highest BCUT2D eigenvalue weighted by atomic mass is 31.2. The van der Waals surface area contributed by atoms with Crippen molar-refractivity contribution < 1.29 is 44.0 Å². The fourth-order valence-electron chi connectivity index (χ4n) is 21.7. The van der Waals surface area contributed by atoms with Crippen LogP contribution in [0.3, 0.4) is 0 Å². The molecule has 0 spiro atoms. The SMILES string of the molecule is CCCCCCCCCCCCCC(CCCCCCCCCCCCC)C(CCCCCCCCCCCCC)(c1cc(C(C)(C)C)ccc1C)C(CCCCCCCCCCCCC)(CCCCCCCCCCCCC)C(CCCCCCCCCCCCC)(c1cc(C(C)(C)C)ccc1C)c1cc(C(C)(C)C)ccc1C.OP(O)O.OP(O)O.OP(O)O. The number of aryl methyl sites for hydroxylation is 3. The van der Waals surface area contributed by atoms with Crippen LogP contribution in [0.4, 0.5) is 0 Å². The molecule has 3 aromatic rings. The molecule has 1 atom stereocenters. The Kier molecular flexibility index (Phi) is 78.7. The number of rotatable bonds is 78. The number of benzene rings is 3. The van der Waals surface area contributed by atoms with Crippen LogP contribution in [-0.4, -0.2) is 44.0 Å². The van der Waals surface area contributed by atoms with Gasteiger partial charge in [0.1, 0.15) is 0 Å². The van der Waals surface area contributed by atoms with Gasteiger partial charge in [0.15, 0.2) is 0 Å². The van der Waals surface area contributed by atoms with Crippen molar-refractivity contribution in [3.63, 3.8) is 0 Å². The molecule has 127 heavy (non-hydrogen) atoms.